The summed E-state index contributed by atoms with van der Waals surface area (Å²) in [7, 11) is 1.00. The number of amides is 1. The van der Waals surface area contributed by atoms with E-state index in [1.165, 1.54) is 20.8 Å². The maximum atomic E-state index is 9.44. The number of nitrogens with two attached hydrogens (primary N) is 1. The molecule has 0 rings (SSSR count). The number of hydrogen-bond donors (Lipinski definition) is 2. The van der Waals surface area contributed by atoms with Crippen LogP contribution in [-0.4, -0.2) is 23.9 Å². The molecule has 0 saturated carbocycles. The molecule has 0 aliphatic carbocycles. The molecular formula is C7H18NO3Y-. The van der Waals surface area contributed by atoms with E-state index in [0.29, 0.717) is 0 Å². The first kappa shape index (κ1) is 29.5. The van der Waals surface area contributed by atoms with Crippen molar-refractivity contribution >= 4 is 11.7 Å². The van der Waals surface area contributed by atoms with Crippen LogP contribution >= 0.6 is 0 Å². The summed E-state index contributed by atoms with van der Waals surface area (Å²) in [6.07, 6.45) is 0. The van der Waals surface area contributed by atoms with Crippen molar-refractivity contribution in [1.82, 2.24) is 0 Å². The van der Waals surface area contributed by atoms with Gasteiger partial charge in [0.25, 0.3) is 0 Å². The summed E-state index contributed by atoms with van der Waals surface area (Å²) < 4.78 is 0. The van der Waals surface area contributed by atoms with Gasteiger partial charge in [0, 0.05) is 46.7 Å². The topological polar surface area (TPSA) is 80.4 Å². The van der Waals surface area contributed by atoms with Crippen LogP contribution in [0.25, 0.3) is 0 Å². The van der Waals surface area contributed by atoms with Crippen molar-refractivity contribution in [2.24, 2.45) is 5.73 Å². The Kier molecular flexibility index (Phi) is 74.6. The van der Waals surface area contributed by atoms with E-state index in [2.05, 4.69) is 5.73 Å². The Balaban J connectivity index is -0.0000000198. The molecule has 0 aromatic rings. The summed E-state index contributed by atoms with van der Waals surface area (Å²) in [6, 6.07) is 0. The van der Waals surface area contributed by atoms with Crippen molar-refractivity contribution < 1.29 is 47.4 Å². The molecule has 73 valence electrons. The Bertz CT molecular complexity index is 76.7. The molecule has 0 aromatic carbocycles. The average Bonchev–Trinajstić information content (AvgIpc) is 1.66. The molecule has 5 heteroatoms. The van der Waals surface area contributed by atoms with Gasteiger partial charge in [0.15, 0.2) is 0 Å². The Labute approximate surface area is 99.8 Å². The fourth-order valence-corrected chi connectivity index (χ4v) is 0. The molecule has 0 bridgehead atoms. The smallest absolute Gasteiger partial charge is 0.214 e. The molecule has 3 N–H and O–H groups in total. The third-order valence-corrected chi connectivity index (χ3v) is 0. The number of ketones is 1. The van der Waals surface area contributed by atoms with Gasteiger partial charge in [-0.25, -0.2) is 0 Å². The van der Waals surface area contributed by atoms with E-state index in [0.717, 1.165) is 7.11 Å². The van der Waals surface area contributed by atoms with Gasteiger partial charge in [-0.1, -0.05) is 0 Å². The molecule has 1 radical (unpaired) electrons. The van der Waals surface area contributed by atoms with E-state index in [1.54, 1.807) is 0 Å². The molecule has 0 aliphatic heterocycles. The number of rotatable bonds is 0. The zero-order chi connectivity index (χ0) is 9.15. The van der Waals surface area contributed by atoms with Crippen molar-refractivity contribution in [2.45, 2.75) is 20.8 Å². The summed E-state index contributed by atoms with van der Waals surface area (Å²) in [4.78, 5) is 18.7. The number of carbonyl (C=O) groups is 2. The number of Topliss-reactive ketones (excluding diaryl/α,β-unsaturated/α-hetero) is 1. The summed E-state index contributed by atoms with van der Waals surface area (Å²) in [5.41, 5.74) is 4.47. The van der Waals surface area contributed by atoms with Crippen LogP contribution in [0, 0.1) is 7.43 Å². The Morgan fingerprint density at radius 2 is 1.08 bits per heavy atom. The molecule has 0 spiro atoms. The third kappa shape index (κ3) is 20800. The normalized spacial score (nSPS) is 4.75. The minimum absolute atomic E-state index is 0. The van der Waals surface area contributed by atoms with E-state index in [1.807, 2.05) is 0 Å². The Morgan fingerprint density at radius 3 is 1.08 bits per heavy atom. The fourth-order valence-electron chi connectivity index (χ4n) is 0. The van der Waals surface area contributed by atoms with Crippen LogP contribution in [0.15, 0.2) is 0 Å². The van der Waals surface area contributed by atoms with Crippen molar-refractivity contribution in [3.63, 3.8) is 0 Å². The number of primary amides is 1. The molecule has 0 aromatic heterocycles. The molecule has 0 saturated heterocycles. The molecule has 0 aliphatic rings. The first-order valence-electron chi connectivity index (χ1n) is 2.64. The number of hydrogen-bond acceptors (Lipinski definition) is 3. The maximum absolute atomic E-state index is 9.44. The summed E-state index contributed by atoms with van der Waals surface area (Å²) in [6.45, 7) is 4.36. The van der Waals surface area contributed by atoms with E-state index in [4.69, 9.17) is 5.11 Å². The number of aliphatic hydroxyl groups excluding tert-OH is 1. The molecule has 1 amide bonds. The second kappa shape index (κ2) is 30.3. The second-order valence-electron chi connectivity index (χ2n) is 1.52. The van der Waals surface area contributed by atoms with Crippen molar-refractivity contribution in [3.05, 3.63) is 7.43 Å². The van der Waals surface area contributed by atoms with Gasteiger partial charge in [0.2, 0.25) is 5.91 Å². The first-order chi connectivity index (χ1) is 4.46. The quantitative estimate of drug-likeness (QED) is 0.603. The standard InChI is InChI=1S/C3H6O.C2H5NO.CH4O.CH3.Y/c1-3(2)4;1-2(3)4;1-2;;/h1-2H3;1H3,(H2,3,4);2H,1H3;1H3;/q;;;-1;. The first-order valence-corrected chi connectivity index (χ1v) is 2.64. The van der Waals surface area contributed by atoms with Crippen molar-refractivity contribution in [3.8, 4) is 0 Å². The van der Waals surface area contributed by atoms with Crippen molar-refractivity contribution in [2.75, 3.05) is 7.11 Å². The van der Waals surface area contributed by atoms with Crippen LogP contribution < -0.4 is 5.73 Å². The minimum Gasteiger partial charge on any atom is -0.400 e. The maximum Gasteiger partial charge on any atom is 0.214 e. The Hall–Kier alpha value is 0.204. The van der Waals surface area contributed by atoms with Gasteiger partial charge in [0.05, 0.1) is 0 Å². The number of aliphatic hydroxyl groups is 1. The van der Waals surface area contributed by atoms with E-state index < -0.39 is 0 Å². The molecular weight excluding hydrogens is 235 g/mol. The Morgan fingerprint density at radius 1 is 1.08 bits per heavy atom. The zero-order valence-corrected chi connectivity index (χ0v) is 11.3. The van der Waals surface area contributed by atoms with Gasteiger partial charge >= 0.3 is 0 Å². The zero-order valence-electron chi connectivity index (χ0n) is 8.42. The predicted octanol–water partition coefficient (Wildman–Crippen LogP) is 0.143. The molecule has 0 unspecified atom stereocenters. The van der Waals surface area contributed by atoms with Crippen LogP contribution in [0.4, 0.5) is 0 Å². The van der Waals surface area contributed by atoms with Gasteiger partial charge in [-0.2, -0.15) is 0 Å². The number of carbonyl (C=O) groups excluding carboxylic acids is 2. The molecule has 4 nitrogen and oxygen atoms in total. The summed E-state index contributed by atoms with van der Waals surface area (Å²) in [5.74, 6) is -0.167. The van der Waals surface area contributed by atoms with Gasteiger partial charge < -0.3 is 23.1 Å². The van der Waals surface area contributed by atoms with Crippen LogP contribution in [0.2, 0.25) is 0 Å². The van der Waals surface area contributed by atoms with Crippen LogP contribution in [-0.2, 0) is 42.3 Å². The molecule has 0 fully saturated rings. The minimum atomic E-state index is -0.333. The SMILES string of the molecule is CC(C)=O.CC(N)=O.CO.[CH3-].[Y]. The van der Waals surface area contributed by atoms with Gasteiger partial charge in [-0.05, 0) is 13.8 Å². The second-order valence-corrected chi connectivity index (χ2v) is 1.52. The molecule has 0 heterocycles. The van der Waals surface area contributed by atoms with Crippen molar-refractivity contribution in [1.29, 1.82) is 0 Å². The third-order valence-electron chi connectivity index (χ3n) is 0. The van der Waals surface area contributed by atoms with Gasteiger partial charge in [-0.15, -0.1) is 0 Å². The summed E-state index contributed by atoms with van der Waals surface area (Å²) in [5, 5.41) is 7.00. The van der Waals surface area contributed by atoms with E-state index in [9.17, 15) is 9.59 Å². The predicted molar refractivity (Wildman–Crippen MR) is 45.8 cm³/mol. The monoisotopic (exact) mass is 253 g/mol. The van der Waals surface area contributed by atoms with E-state index in [-0.39, 0.29) is 51.8 Å². The van der Waals surface area contributed by atoms with Gasteiger partial charge in [0.1, 0.15) is 5.78 Å². The summed E-state index contributed by atoms with van der Waals surface area (Å²) >= 11 is 0. The van der Waals surface area contributed by atoms with Crippen LogP contribution in [0.5, 0.6) is 0 Å². The van der Waals surface area contributed by atoms with E-state index >= 15 is 0 Å². The molecule has 0 atom stereocenters. The van der Waals surface area contributed by atoms with Crippen LogP contribution in [0.3, 0.4) is 0 Å². The van der Waals surface area contributed by atoms with Gasteiger partial charge in [-0.3, -0.25) is 4.79 Å². The largest absolute Gasteiger partial charge is 0.400 e. The fraction of sp³-hybridized carbons (Fsp3) is 0.571. The molecule has 12 heavy (non-hydrogen) atoms. The van der Waals surface area contributed by atoms with Crippen LogP contribution in [0.1, 0.15) is 20.8 Å². The average molecular weight is 253 g/mol.